The van der Waals surface area contributed by atoms with E-state index < -0.39 is 0 Å². The maximum atomic E-state index is 13.0. The van der Waals surface area contributed by atoms with Crippen LogP contribution in [0.15, 0.2) is 60.7 Å². The van der Waals surface area contributed by atoms with Crippen LogP contribution in [0.5, 0.6) is 0 Å². The number of aryl methyl sites for hydroxylation is 1. The van der Waals surface area contributed by atoms with Gasteiger partial charge in [-0.05, 0) is 43.4 Å². The zero-order valence-corrected chi connectivity index (χ0v) is 15.8. The molecule has 0 bridgehead atoms. The zero-order chi connectivity index (χ0) is 18.5. The van der Waals surface area contributed by atoms with E-state index in [1.54, 1.807) is 0 Å². The van der Waals surface area contributed by atoms with Gasteiger partial charge in [0, 0.05) is 24.7 Å². The van der Waals surface area contributed by atoms with Crippen molar-refractivity contribution in [3.8, 4) is 0 Å². The van der Waals surface area contributed by atoms with Gasteiger partial charge >= 0.3 is 0 Å². The number of nitrogens with one attached hydrogen (secondary N) is 1. The third-order valence-electron chi connectivity index (χ3n) is 5.55. The number of nitrogens with zero attached hydrogens (tertiary/aromatic N) is 1. The minimum Gasteiger partial charge on any atom is -0.370 e. The molecular weight excluding hydrogens is 336 g/mol. The largest absolute Gasteiger partial charge is 0.370 e. The Kier molecular flexibility index (Phi) is 5.55. The topological polar surface area (TPSA) is 41.6 Å². The Morgan fingerprint density at radius 1 is 1.07 bits per heavy atom. The van der Waals surface area contributed by atoms with Crippen LogP contribution < -0.4 is 10.2 Å². The fourth-order valence-electron chi connectivity index (χ4n) is 3.81. The van der Waals surface area contributed by atoms with Gasteiger partial charge in [0.1, 0.15) is 0 Å². The van der Waals surface area contributed by atoms with Gasteiger partial charge in [0.2, 0.25) is 5.91 Å². The Labute approximate surface area is 161 Å². The Bertz CT molecular complexity index is 737. The first kappa shape index (κ1) is 18.2. The summed E-state index contributed by atoms with van der Waals surface area (Å²) in [5, 5.41) is 3.49. The van der Waals surface area contributed by atoms with Gasteiger partial charge in [-0.1, -0.05) is 48.5 Å². The summed E-state index contributed by atoms with van der Waals surface area (Å²) in [6.07, 6.45) is 3.87. The summed E-state index contributed by atoms with van der Waals surface area (Å²) in [4.78, 5) is 15.0. The van der Waals surface area contributed by atoms with Crippen molar-refractivity contribution in [1.29, 1.82) is 0 Å². The van der Waals surface area contributed by atoms with Gasteiger partial charge in [-0.2, -0.15) is 0 Å². The minimum absolute atomic E-state index is 0.188. The van der Waals surface area contributed by atoms with Gasteiger partial charge < -0.3 is 15.0 Å². The maximum absolute atomic E-state index is 13.0. The van der Waals surface area contributed by atoms with E-state index in [0.717, 1.165) is 44.5 Å². The molecule has 1 heterocycles. The van der Waals surface area contributed by atoms with Crippen LogP contribution in [0.25, 0.3) is 0 Å². The normalized spacial score (nSPS) is 22.4. The number of hydrogen-bond acceptors (Lipinski definition) is 3. The molecule has 1 aliphatic carbocycles. The van der Waals surface area contributed by atoms with E-state index in [9.17, 15) is 4.79 Å². The van der Waals surface area contributed by atoms with Crippen LogP contribution >= 0.6 is 0 Å². The highest BCUT2D eigenvalue weighted by Gasteiger charge is 2.40. The van der Waals surface area contributed by atoms with Crippen molar-refractivity contribution in [1.82, 2.24) is 5.32 Å². The Hall–Kier alpha value is -2.17. The van der Waals surface area contributed by atoms with Gasteiger partial charge in [-0.25, -0.2) is 0 Å². The molecule has 2 aromatic rings. The van der Waals surface area contributed by atoms with Crippen LogP contribution in [0, 0.1) is 5.92 Å². The molecule has 1 amide bonds. The fourth-order valence-corrected chi connectivity index (χ4v) is 3.81. The molecule has 1 aliphatic heterocycles. The monoisotopic (exact) mass is 364 g/mol. The first-order valence-electron chi connectivity index (χ1n) is 10.0. The standard InChI is InChI=1S/C23H28N2O2/c26-22(20-11-12-20)25(21-9-5-2-6-10-21)18-23(17-24-15-16-27-23)14-13-19-7-3-1-4-8-19/h1-10,20,24H,11-18H2. The van der Waals surface area contributed by atoms with E-state index in [0.29, 0.717) is 13.2 Å². The van der Waals surface area contributed by atoms with Gasteiger partial charge in [0.25, 0.3) is 0 Å². The highest BCUT2D eigenvalue weighted by atomic mass is 16.5. The van der Waals surface area contributed by atoms with Crippen molar-refractivity contribution in [2.24, 2.45) is 5.92 Å². The quantitative estimate of drug-likeness (QED) is 0.818. The molecule has 0 radical (unpaired) electrons. The summed E-state index contributed by atoms with van der Waals surface area (Å²) >= 11 is 0. The molecule has 1 atom stereocenters. The average molecular weight is 364 g/mol. The van der Waals surface area contributed by atoms with Crippen molar-refractivity contribution >= 4 is 11.6 Å². The highest BCUT2D eigenvalue weighted by molar-refractivity contribution is 5.96. The van der Waals surface area contributed by atoms with Crippen LogP contribution in [0.3, 0.4) is 0 Å². The lowest BCUT2D eigenvalue weighted by Gasteiger charge is -2.41. The lowest BCUT2D eigenvalue weighted by atomic mass is 9.92. The molecule has 1 saturated carbocycles. The molecule has 0 spiro atoms. The number of para-hydroxylation sites is 1. The summed E-state index contributed by atoms with van der Waals surface area (Å²) in [6.45, 7) is 2.94. The Morgan fingerprint density at radius 2 is 1.78 bits per heavy atom. The molecule has 4 heteroatoms. The molecule has 142 valence electrons. The molecule has 4 nitrogen and oxygen atoms in total. The molecule has 2 aliphatic rings. The van der Waals surface area contributed by atoms with Crippen LogP contribution in [-0.4, -0.2) is 37.7 Å². The van der Waals surface area contributed by atoms with Crippen LogP contribution in [0.4, 0.5) is 5.69 Å². The van der Waals surface area contributed by atoms with Gasteiger partial charge in [0.15, 0.2) is 0 Å². The molecule has 27 heavy (non-hydrogen) atoms. The van der Waals surface area contributed by atoms with Gasteiger partial charge in [-0.3, -0.25) is 4.79 Å². The Morgan fingerprint density at radius 3 is 2.41 bits per heavy atom. The number of carbonyl (C=O) groups excluding carboxylic acids is 1. The van der Waals surface area contributed by atoms with Crippen molar-refractivity contribution in [2.75, 3.05) is 31.1 Å². The lowest BCUT2D eigenvalue weighted by molar-refractivity contribution is -0.122. The number of amides is 1. The second kappa shape index (κ2) is 8.24. The maximum Gasteiger partial charge on any atom is 0.230 e. The molecule has 1 saturated heterocycles. The first-order chi connectivity index (χ1) is 13.3. The smallest absolute Gasteiger partial charge is 0.230 e. The molecule has 1 N–H and O–H groups in total. The van der Waals surface area contributed by atoms with E-state index in [4.69, 9.17) is 4.74 Å². The molecule has 4 rings (SSSR count). The predicted molar refractivity (Wildman–Crippen MR) is 108 cm³/mol. The van der Waals surface area contributed by atoms with Crippen LogP contribution in [0.2, 0.25) is 0 Å². The van der Waals surface area contributed by atoms with E-state index >= 15 is 0 Å². The van der Waals surface area contributed by atoms with Crippen molar-refractivity contribution in [3.05, 3.63) is 66.2 Å². The minimum atomic E-state index is -0.353. The zero-order valence-electron chi connectivity index (χ0n) is 15.8. The van der Waals surface area contributed by atoms with Crippen molar-refractivity contribution in [2.45, 2.75) is 31.3 Å². The SMILES string of the molecule is O=C(C1CC1)N(CC1(CCc2ccccc2)CNCCO1)c1ccccc1. The van der Waals surface area contributed by atoms with Gasteiger partial charge in [0.05, 0.1) is 18.8 Å². The van der Waals surface area contributed by atoms with E-state index in [-0.39, 0.29) is 17.4 Å². The number of benzene rings is 2. The second-order valence-electron chi connectivity index (χ2n) is 7.73. The van der Waals surface area contributed by atoms with E-state index in [1.165, 1.54) is 5.56 Å². The van der Waals surface area contributed by atoms with Gasteiger partial charge in [-0.15, -0.1) is 0 Å². The van der Waals surface area contributed by atoms with Crippen LogP contribution in [-0.2, 0) is 16.0 Å². The fraction of sp³-hybridized carbons (Fsp3) is 0.435. The number of carbonyl (C=O) groups is 1. The van der Waals surface area contributed by atoms with Crippen molar-refractivity contribution < 1.29 is 9.53 Å². The summed E-state index contributed by atoms with van der Waals surface area (Å²) in [5.74, 6) is 0.433. The number of anilines is 1. The number of ether oxygens (including phenoxy) is 1. The van der Waals surface area contributed by atoms with E-state index in [1.807, 2.05) is 41.3 Å². The number of hydrogen-bond donors (Lipinski definition) is 1. The molecule has 0 aromatic heterocycles. The predicted octanol–water partition coefficient (Wildman–Crippen LogP) is 3.42. The van der Waals surface area contributed by atoms with Crippen LogP contribution in [0.1, 0.15) is 24.8 Å². The lowest BCUT2D eigenvalue weighted by Crippen LogP contribution is -2.57. The third-order valence-corrected chi connectivity index (χ3v) is 5.55. The highest BCUT2D eigenvalue weighted by Crippen LogP contribution is 2.34. The first-order valence-corrected chi connectivity index (χ1v) is 10.0. The third kappa shape index (κ3) is 4.57. The summed E-state index contributed by atoms with van der Waals surface area (Å²) in [7, 11) is 0. The number of rotatable bonds is 7. The van der Waals surface area contributed by atoms with E-state index in [2.05, 4.69) is 29.6 Å². The molecule has 2 fully saturated rings. The molecular formula is C23H28N2O2. The van der Waals surface area contributed by atoms with Crippen molar-refractivity contribution in [3.63, 3.8) is 0 Å². The molecule has 2 aromatic carbocycles. The second-order valence-corrected chi connectivity index (χ2v) is 7.73. The average Bonchev–Trinajstić information content (AvgIpc) is 3.58. The Balaban J connectivity index is 1.55. The summed E-state index contributed by atoms with van der Waals surface area (Å²) in [5.41, 5.74) is 1.93. The summed E-state index contributed by atoms with van der Waals surface area (Å²) in [6, 6.07) is 20.6. The number of morpholine rings is 1. The summed E-state index contributed by atoms with van der Waals surface area (Å²) < 4.78 is 6.33. The molecule has 1 unspecified atom stereocenters.